The second-order valence-corrected chi connectivity index (χ2v) is 8.65. The van der Waals surface area contributed by atoms with E-state index in [0.29, 0.717) is 16.7 Å². The predicted molar refractivity (Wildman–Crippen MR) is 125 cm³/mol. The number of nitrogens with one attached hydrogen (secondary N) is 1. The Bertz CT molecular complexity index is 1200. The minimum absolute atomic E-state index is 0.194. The summed E-state index contributed by atoms with van der Waals surface area (Å²) >= 11 is 1.24. The van der Waals surface area contributed by atoms with Crippen LogP contribution in [0, 0.1) is 5.82 Å². The number of carbonyl (C=O) groups excluding carboxylic acids is 1. The summed E-state index contributed by atoms with van der Waals surface area (Å²) in [7, 11) is 0. The monoisotopic (exact) mass is 466 g/mol. The van der Waals surface area contributed by atoms with E-state index in [4.69, 9.17) is 10.1 Å². The van der Waals surface area contributed by atoms with E-state index in [9.17, 15) is 14.0 Å². The number of thioether (sulfide) groups is 1. The highest BCUT2D eigenvalue weighted by atomic mass is 32.2. The zero-order valence-corrected chi connectivity index (χ0v) is 18.8. The number of nitrogens with zero attached hydrogens (tertiary/aromatic N) is 3. The molecule has 1 aromatic carbocycles. The highest BCUT2D eigenvalue weighted by molar-refractivity contribution is 8.02. The number of carboxylic acids is 1. The SMILES string of the molecule is CC(=O)Nc1cc(-c2c(-c3ccc(F)cc3)nc(S/C=C\C(=O)O)n2C2CCCC2)ccn1. The van der Waals surface area contributed by atoms with Crippen molar-refractivity contribution in [1.82, 2.24) is 14.5 Å². The second-order valence-electron chi connectivity index (χ2n) is 7.78. The molecule has 0 saturated heterocycles. The highest BCUT2D eigenvalue weighted by Gasteiger charge is 2.27. The van der Waals surface area contributed by atoms with Crippen LogP contribution in [0.3, 0.4) is 0 Å². The third-order valence-corrected chi connectivity index (χ3v) is 6.18. The number of aromatic nitrogens is 3. The molecule has 1 amide bonds. The standard InChI is InChI=1S/C24H23FN4O3S/c1-15(30)27-20-14-17(10-12-26-20)23-22(16-6-8-18(25)9-7-16)28-24(33-13-11-21(31)32)29(23)19-4-2-3-5-19/h6-14,19H,2-5H2,1H3,(H,31,32)(H,26,27,30)/b13-11-. The number of hydrogen-bond acceptors (Lipinski definition) is 5. The fourth-order valence-corrected chi connectivity index (χ4v) is 4.87. The van der Waals surface area contributed by atoms with Crippen molar-refractivity contribution in [2.24, 2.45) is 0 Å². The Hall–Kier alpha value is -3.46. The summed E-state index contributed by atoms with van der Waals surface area (Å²) in [5, 5.41) is 13.9. The first kappa shape index (κ1) is 22.7. The van der Waals surface area contributed by atoms with Gasteiger partial charge in [0.25, 0.3) is 0 Å². The fourth-order valence-electron chi connectivity index (χ4n) is 4.06. The van der Waals surface area contributed by atoms with Gasteiger partial charge >= 0.3 is 5.97 Å². The van der Waals surface area contributed by atoms with Crippen LogP contribution in [0.15, 0.2) is 59.2 Å². The van der Waals surface area contributed by atoms with Crippen LogP contribution in [-0.2, 0) is 9.59 Å². The lowest BCUT2D eigenvalue weighted by Gasteiger charge is -2.19. The molecule has 1 aliphatic carbocycles. The molecular weight excluding hydrogens is 443 g/mol. The van der Waals surface area contributed by atoms with Crippen molar-refractivity contribution < 1.29 is 19.1 Å². The number of pyridine rings is 1. The van der Waals surface area contributed by atoms with Crippen molar-refractivity contribution in [2.45, 2.75) is 43.8 Å². The number of halogens is 1. The van der Waals surface area contributed by atoms with Crippen LogP contribution in [0.25, 0.3) is 22.5 Å². The number of imidazole rings is 1. The largest absolute Gasteiger partial charge is 0.478 e. The molecule has 0 aliphatic heterocycles. The van der Waals surface area contributed by atoms with Gasteiger partial charge in [-0.3, -0.25) is 4.79 Å². The number of carboxylic acid groups (broad SMARTS) is 1. The van der Waals surface area contributed by atoms with Gasteiger partial charge in [0.05, 0.1) is 11.4 Å². The summed E-state index contributed by atoms with van der Waals surface area (Å²) < 4.78 is 15.8. The molecule has 0 bridgehead atoms. The Morgan fingerprint density at radius 3 is 2.58 bits per heavy atom. The first-order valence-electron chi connectivity index (χ1n) is 10.6. The van der Waals surface area contributed by atoms with E-state index in [0.717, 1.165) is 48.6 Å². The molecule has 0 unspecified atom stereocenters. The van der Waals surface area contributed by atoms with Crippen LogP contribution in [0.5, 0.6) is 0 Å². The summed E-state index contributed by atoms with van der Waals surface area (Å²) in [5.41, 5.74) is 3.04. The van der Waals surface area contributed by atoms with Gasteiger partial charge in [-0.05, 0) is 54.6 Å². The predicted octanol–water partition coefficient (Wildman–Crippen LogP) is 5.52. The number of carbonyl (C=O) groups is 2. The van der Waals surface area contributed by atoms with Gasteiger partial charge < -0.3 is 15.0 Å². The van der Waals surface area contributed by atoms with Crippen LogP contribution in [0.1, 0.15) is 38.6 Å². The maximum absolute atomic E-state index is 13.6. The van der Waals surface area contributed by atoms with E-state index in [1.807, 2.05) is 6.07 Å². The Labute approximate surface area is 194 Å². The third-order valence-electron chi connectivity index (χ3n) is 5.41. The average Bonchev–Trinajstić information content (AvgIpc) is 3.41. The van der Waals surface area contributed by atoms with Gasteiger partial charge in [-0.15, -0.1) is 0 Å². The highest BCUT2D eigenvalue weighted by Crippen LogP contribution is 2.43. The smallest absolute Gasteiger partial charge is 0.328 e. The van der Waals surface area contributed by atoms with Crippen LogP contribution in [-0.4, -0.2) is 31.5 Å². The van der Waals surface area contributed by atoms with Gasteiger partial charge in [-0.2, -0.15) is 0 Å². The van der Waals surface area contributed by atoms with Gasteiger partial charge in [-0.1, -0.05) is 24.6 Å². The molecule has 4 rings (SSSR count). The molecular formula is C24H23FN4O3S. The Kier molecular flexibility index (Phi) is 6.88. The quantitative estimate of drug-likeness (QED) is 0.352. The molecule has 33 heavy (non-hydrogen) atoms. The molecule has 1 saturated carbocycles. The summed E-state index contributed by atoms with van der Waals surface area (Å²) in [5.74, 6) is -1.18. The summed E-state index contributed by atoms with van der Waals surface area (Å²) in [6, 6.07) is 9.97. The number of amides is 1. The molecule has 0 atom stereocenters. The number of rotatable bonds is 7. The minimum Gasteiger partial charge on any atom is -0.478 e. The van der Waals surface area contributed by atoms with E-state index in [1.165, 1.54) is 36.2 Å². The third kappa shape index (κ3) is 5.31. The van der Waals surface area contributed by atoms with E-state index in [-0.39, 0.29) is 17.8 Å². The Balaban J connectivity index is 1.92. The molecule has 1 fully saturated rings. The number of anilines is 1. The molecule has 2 heterocycles. The maximum Gasteiger partial charge on any atom is 0.328 e. The molecule has 9 heteroatoms. The first-order chi connectivity index (χ1) is 15.9. The molecule has 1 aliphatic rings. The van der Waals surface area contributed by atoms with E-state index in [2.05, 4.69) is 14.9 Å². The summed E-state index contributed by atoms with van der Waals surface area (Å²) in [4.78, 5) is 31.7. The lowest BCUT2D eigenvalue weighted by molar-refractivity contribution is -0.131. The van der Waals surface area contributed by atoms with Gasteiger partial charge in [0.1, 0.15) is 11.6 Å². The number of aliphatic carboxylic acids is 1. The van der Waals surface area contributed by atoms with Crippen molar-refractivity contribution in [2.75, 3.05) is 5.32 Å². The van der Waals surface area contributed by atoms with E-state index < -0.39 is 5.97 Å². The maximum atomic E-state index is 13.6. The fraction of sp³-hybridized carbons (Fsp3) is 0.250. The van der Waals surface area contributed by atoms with Crippen molar-refractivity contribution in [3.05, 3.63) is 59.9 Å². The average molecular weight is 467 g/mol. The van der Waals surface area contributed by atoms with Crippen molar-refractivity contribution in [1.29, 1.82) is 0 Å². The van der Waals surface area contributed by atoms with Gasteiger partial charge in [-0.25, -0.2) is 19.2 Å². The summed E-state index contributed by atoms with van der Waals surface area (Å²) in [6.45, 7) is 1.42. The zero-order chi connectivity index (χ0) is 23.4. The van der Waals surface area contributed by atoms with Gasteiger partial charge in [0.15, 0.2) is 5.16 Å². The summed E-state index contributed by atoms with van der Waals surface area (Å²) in [6.07, 6.45) is 6.85. The van der Waals surface area contributed by atoms with Gasteiger partial charge in [0, 0.05) is 36.4 Å². The first-order valence-corrected chi connectivity index (χ1v) is 11.5. The Morgan fingerprint density at radius 2 is 1.91 bits per heavy atom. The molecule has 0 spiro atoms. The van der Waals surface area contributed by atoms with Crippen LogP contribution < -0.4 is 5.32 Å². The van der Waals surface area contributed by atoms with Crippen molar-refractivity contribution in [3.63, 3.8) is 0 Å². The Morgan fingerprint density at radius 1 is 1.18 bits per heavy atom. The van der Waals surface area contributed by atoms with Crippen molar-refractivity contribution >= 4 is 29.5 Å². The van der Waals surface area contributed by atoms with E-state index in [1.54, 1.807) is 24.4 Å². The molecule has 170 valence electrons. The molecule has 2 aromatic heterocycles. The van der Waals surface area contributed by atoms with Crippen molar-refractivity contribution in [3.8, 4) is 22.5 Å². The molecule has 7 nitrogen and oxygen atoms in total. The molecule has 2 N–H and O–H groups in total. The number of benzene rings is 1. The molecule has 0 radical (unpaired) electrons. The minimum atomic E-state index is -1.03. The number of hydrogen-bond donors (Lipinski definition) is 2. The zero-order valence-electron chi connectivity index (χ0n) is 18.0. The van der Waals surface area contributed by atoms with Crippen LogP contribution in [0.4, 0.5) is 10.2 Å². The van der Waals surface area contributed by atoms with E-state index >= 15 is 0 Å². The molecule has 3 aromatic rings. The topological polar surface area (TPSA) is 97.1 Å². The van der Waals surface area contributed by atoms with Crippen LogP contribution in [0.2, 0.25) is 0 Å². The lowest BCUT2D eigenvalue weighted by Crippen LogP contribution is -2.09. The normalized spacial score (nSPS) is 14.1. The van der Waals surface area contributed by atoms with Crippen LogP contribution >= 0.6 is 11.8 Å². The van der Waals surface area contributed by atoms with Gasteiger partial charge in [0.2, 0.25) is 5.91 Å². The lowest BCUT2D eigenvalue weighted by atomic mass is 10.0. The second kappa shape index (κ2) is 9.99.